The summed E-state index contributed by atoms with van der Waals surface area (Å²) in [5.41, 5.74) is 4.46. The predicted molar refractivity (Wildman–Crippen MR) is 52.7 cm³/mol. The Balaban J connectivity index is 2.81. The van der Waals surface area contributed by atoms with E-state index in [9.17, 15) is 0 Å². The Bertz CT molecular complexity index is 443. The zero-order valence-corrected chi connectivity index (χ0v) is 8.20. The molecule has 0 bridgehead atoms. The first kappa shape index (κ1) is 8.23. The molecule has 0 aliphatic rings. The van der Waals surface area contributed by atoms with Crippen molar-refractivity contribution in [2.75, 3.05) is 0 Å². The molecular weight excluding hydrogens is 162 g/mol. The number of imidazole rings is 1. The van der Waals surface area contributed by atoms with Gasteiger partial charge in [-0.05, 0) is 31.9 Å². The van der Waals surface area contributed by atoms with Crippen LogP contribution < -0.4 is 0 Å². The molecule has 0 aliphatic heterocycles. The van der Waals surface area contributed by atoms with Crippen molar-refractivity contribution >= 4 is 11.2 Å². The van der Waals surface area contributed by atoms with Gasteiger partial charge in [0.15, 0.2) is 5.65 Å². The van der Waals surface area contributed by atoms with Gasteiger partial charge in [-0.3, -0.25) is 0 Å². The summed E-state index contributed by atoms with van der Waals surface area (Å²) in [7, 11) is 0. The molecule has 0 amide bonds. The molecule has 0 saturated heterocycles. The van der Waals surface area contributed by atoms with Crippen molar-refractivity contribution in [3.05, 3.63) is 23.7 Å². The Hall–Kier alpha value is -1.38. The molecule has 2 heterocycles. The van der Waals surface area contributed by atoms with E-state index in [0.717, 1.165) is 17.7 Å². The summed E-state index contributed by atoms with van der Waals surface area (Å²) in [6, 6.07) is 0. The molecular formula is C10H13N3. The zero-order valence-electron chi connectivity index (χ0n) is 8.20. The lowest BCUT2D eigenvalue weighted by atomic mass is 10.2. The molecule has 2 rings (SSSR count). The molecule has 2 aromatic heterocycles. The Morgan fingerprint density at radius 1 is 1.31 bits per heavy atom. The number of aryl methyl sites for hydroxylation is 3. The largest absolute Gasteiger partial charge is 0.316 e. The summed E-state index contributed by atoms with van der Waals surface area (Å²) in [5.74, 6) is 0. The van der Waals surface area contributed by atoms with E-state index in [-0.39, 0.29) is 0 Å². The highest BCUT2D eigenvalue weighted by molar-refractivity contribution is 5.75. The lowest BCUT2D eigenvalue weighted by Crippen LogP contribution is -1.94. The van der Waals surface area contributed by atoms with Crippen molar-refractivity contribution in [1.29, 1.82) is 0 Å². The molecule has 13 heavy (non-hydrogen) atoms. The van der Waals surface area contributed by atoms with Crippen molar-refractivity contribution < 1.29 is 0 Å². The summed E-state index contributed by atoms with van der Waals surface area (Å²) >= 11 is 0. The van der Waals surface area contributed by atoms with Gasteiger partial charge in [0.1, 0.15) is 5.52 Å². The van der Waals surface area contributed by atoms with E-state index in [2.05, 4.69) is 35.3 Å². The van der Waals surface area contributed by atoms with E-state index in [4.69, 9.17) is 0 Å². The number of fused-ring (bicyclic) bond motifs is 1. The van der Waals surface area contributed by atoms with Gasteiger partial charge in [-0.25, -0.2) is 9.97 Å². The molecule has 2 aromatic rings. The van der Waals surface area contributed by atoms with Crippen LogP contribution in [0.3, 0.4) is 0 Å². The second-order valence-corrected chi connectivity index (χ2v) is 3.27. The Morgan fingerprint density at radius 2 is 2.08 bits per heavy atom. The average molecular weight is 175 g/mol. The van der Waals surface area contributed by atoms with Crippen molar-refractivity contribution in [1.82, 2.24) is 14.5 Å². The van der Waals surface area contributed by atoms with Crippen LogP contribution in [0.25, 0.3) is 11.2 Å². The molecule has 0 aromatic carbocycles. The first-order valence-corrected chi connectivity index (χ1v) is 4.51. The summed E-state index contributed by atoms with van der Waals surface area (Å²) in [6.07, 6.45) is 3.76. The molecule has 0 N–H and O–H groups in total. The van der Waals surface area contributed by atoms with Crippen LogP contribution >= 0.6 is 0 Å². The van der Waals surface area contributed by atoms with E-state index < -0.39 is 0 Å². The van der Waals surface area contributed by atoms with Crippen molar-refractivity contribution in [3.8, 4) is 0 Å². The normalized spacial score (nSPS) is 11.0. The maximum atomic E-state index is 4.37. The molecule has 0 spiro atoms. The average Bonchev–Trinajstić information content (AvgIpc) is 2.55. The van der Waals surface area contributed by atoms with Crippen LogP contribution in [-0.4, -0.2) is 14.5 Å². The first-order chi connectivity index (χ1) is 6.24. The van der Waals surface area contributed by atoms with Gasteiger partial charge in [-0.15, -0.1) is 0 Å². The minimum absolute atomic E-state index is 0.923. The summed E-state index contributed by atoms with van der Waals surface area (Å²) < 4.78 is 2.06. The van der Waals surface area contributed by atoms with Crippen LogP contribution in [-0.2, 0) is 6.54 Å². The molecule has 0 unspecified atom stereocenters. The van der Waals surface area contributed by atoms with Crippen LogP contribution in [0.4, 0.5) is 0 Å². The van der Waals surface area contributed by atoms with E-state index in [1.165, 1.54) is 11.1 Å². The zero-order chi connectivity index (χ0) is 9.42. The highest BCUT2D eigenvalue weighted by Crippen LogP contribution is 2.17. The van der Waals surface area contributed by atoms with Gasteiger partial charge in [0, 0.05) is 12.7 Å². The number of rotatable bonds is 1. The van der Waals surface area contributed by atoms with Gasteiger partial charge in [0.2, 0.25) is 0 Å². The Kier molecular flexibility index (Phi) is 1.79. The van der Waals surface area contributed by atoms with Gasteiger partial charge < -0.3 is 4.57 Å². The van der Waals surface area contributed by atoms with Gasteiger partial charge in [-0.2, -0.15) is 0 Å². The molecule has 3 heteroatoms. The maximum Gasteiger partial charge on any atom is 0.160 e. The predicted octanol–water partition coefficient (Wildman–Crippen LogP) is 2.07. The molecule has 0 radical (unpaired) electrons. The number of hydrogen-bond donors (Lipinski definition) is 0. The van der Waals surface area contributed by atoms with Crippen LogP contribution in [0.2, 0.25) is 0 Å². The topological polar surface area (TPSA) is 30.7 Å². The van der Waals surface area contributed by atoms with Gasteiger partial charge in [0.05, 0.1) is 6.33 Å². The highest BCUT2D eigenvalue weighted by Gasteiger charge is 2.06. The second-order valence-electron chi connectivity index (χ2n) is 3.27. The smallest absolute Gasteiger partial charge is 0.160 e. The quantitative estimate of drug-likeness (QED) is 0.664. The van der Waals surface area contributed by atoms with E-state index in [0.29, 0.717) is 0 Å². The Labute approximate surface area is 77.4 Å². The molecule has 3 nitrogen and oxygen atoms in total. The van der Waals surface area contributed by atoms with E-state index >= 15 is 0 Å². The first-order valence-electron chi connectivity index (χ1n) is 4.51. The second kappa shape index (κ2) is 2.83. The molecule has 0 aliphatic carbocycles. The maximum absolute atomic E-state index is 4.37. The SMILES string of the molecule is CCn1cnc2c(C)c(C)cnc21. The molecule has 68 valence electrons. The third-order valence-electron chi connectivity index (χ3n) is 2.48. The molecule has 0 atom stereocenters. The van der Waals surface area contributed by atoms with E-state index in [1.54, 1.807) is 0 Å². The fourth-order valence-corrected chi connectivity index (χ4v) is 1.45. The standard InChI is InChI=1S/C10H13N3/c1-4-13-6-12-9-8(3)7(2)5-11-10(9)13/h5-6H,4H2,1-3H3. The lowest BCUT2D eigenvalue weighted by Gasteiger charge is -2.01. The monoisotopic (exact) mass is 175 g/mol. The molecule has 0 fully saturated rings. The Morgan fingerprint density at radius 3 is 2.77 bits per heavy atom. The lowest BCUT2D eigenvalue weighted by molar-refractivity contribution is 0.778. The summed E-state index contributed by atoms with van der Waals surface area (Å²) in [6.45, 7) is 7.17. The minimum atomic E-state index is 0.923. The van der Waals surface area contributed by atoms with Crippen molar-refractivity contribution in [3.63, 3.8) is 0 Å². The highest BCUT2D eigenvalue weighted by atomic mass is 15.1. The molecule has 0 saturated carbocycles. The van der Waals surface area contributed by atoms with Gasteiger partial charge in [0.25, 0.3) is 0 Å². The minimum Gasteiger partial charge on any atom is -0.316 e. The van der Waals surface area contributed by atoms with Crippen LogP contribution in [0.1, 0.15) is 18.1 Å². The summed E-state index contributed by atoms with van der Waals surface area (Å²) in [5, 5.41) is 0. The van der Waals surface area contributed by atoms with Crippen molar-refractivity contribution in [2.45, 2.75) is 27.3 Å². The number of nitrogens with zero attached hydrogens (tertiary/aromatic N) is 3. The van der Waals surface area contributed by atoms with Crippen LogP contribution in [0.15, 0.2) is 12.5 Å². The fraction of sp³-hybridized carbons (Fsp3) is 0.400. The number of pyridine rings is 1. The van der Waals surface area contributed by atoms with Gasteiger partial charge >= 0.3 is 0 Å². The van der Waals surface area contributed by atoms with Crippen LogP contribution in [0.5, 0.6) is 0 Å². The number of hydrogen-bond acceptors (Lipinski definition) is 2. The van der Waals surface area contributed by atoms with Crippen molar-refractivity contribution in [2.24, 2.45) is 0 Å². The van der Waals surface area contributed by atoms with E-state index in [1.807, 2.05) is 12.5 Å². The number of aromatic nitrogens is 3. The summed E-state index contributed by atoms with van der Waals surface area (Å²) in [4.78, 5) is 8.72. The third-order valence-corrected chi connectivity index (χ3v) is 2.48. The van der Waals surface area contributed by atoms with Gasteiger partial charge in [-0.1, -0.05) is 0 Å². The van der Waals surface area contributed by atoms with Crippen LogP contribution in [0, 0.1) is 13.8 Å². The fourth-order valence-electron chi connectivity index (χ4n) is 1.45. The third kappa shape index (κ3) is 1.11.